The van der Waals surface area contributed by atoms with Crippen LogP contribution >= 0.6 is 24.0 Å². The number of anilines is 1. The molecule has 0 aliphatic carbocycles. The average molecular weight is 508 g/mol. The average Bonchev–Trinajstić information content (AvgIpc) is 3.23. The molecule has 0 amide bonds. The molecule has 158 valence electrons. The lowest BCUT2D eigenvalue weighted by atomic mass is 10.1. The Balaban J connectivity index is 0.00000300. The molecule has 5 nitrogen and oxygen atoms in total. The Labute approximate surface area is 192 Å². The van der Waals surface area contributed by atoms with Crippen LogP contribution in [0.25, 0.3) is 0 Å². The zero-order valence-electron chi connectivity index (χ0n) is 17.6. The fourth-order valence-corrected chi connectivity index (χ4v) is 3.82. The van der Waals surface area contributed by atoms with Crippen molar-refractivity contribution >= 4 is 35.6 Å². The first-order valence-electron chi connectivity index (χ1n) is 10.1. The van der Waals surface area contributed by atoms with Crippen molar-refractivity contribution in [2.24, 2.45) is 10.9 Å². The summed E-state index contributed by atoms with van der Waals surface area (Å²) in [7, 11) is 3.57. The minimum Gasteiger partial charge on any atom is -0.495 e. The molecule has 0 radical (unpaired) electrons. The van der Waals surface area contributed by atoms with Gasteiger partial charge in [-0.1, -0.05) is 43.3 Å². The fourth-order valence-electron chi connectivity index (χ4n) is 3.82. The Morgan fingerprint density at radius 1 is 1.10 bits per heavy atom. The highest BCUT2D eigenvalue weighted by Crippen LogP contribution is 2.31. The van der Waals surface area contributed by atoms with E-state index in [1.54, 1.807) is 7.11 Å². The van der Waals surface area contributed by atoms with Crippen LogP contribution in [0.3, 0.4) is 0 Å². The summed E-state index contributed by atoms with van der Waals surface area (Å²) in [5.41, 5.74) is 3.90. The smallest absolute Gasteiger partial charge is 0.191 e. The molecule has 0 bridgehead atoms. The highest BCUT2D eigenvalue weighted by Gasteiger charge is 2.24. The van der Waals surface area contributed by atoms with Gasteiger partial charge in [0.2, 0.25) is 0 Å². The van der Waals surface area contributed by atoms with Gasteiger partial charge >= 0.3 is 0 Å². The van der Waals surface area contributed by atoms with Crippen molar-refractivity contribution in [3.8, 4) is 5.75 Å². The second kappa shape index (κ2) is 11.9. The number of hydrogen-bond acceptors (Lipinski definition) is 3. The first-order valence-corrected chi connectivity index (χ1v) is 10.1. The molecule has 1 atom stereocenters. The van der Waals surface area contributed by atoms with Crippen molar-refractivity contribution in [1.82, 2.24) is 10.6 Å². The van der Waals surface area contributed by atoms with Crippen molar-refractivity contribution in [2.45, 2.75) is 26.3 Å². The molecule has 2 aromatic rings. The van der Waals surface area contributed by atoms with Crippen molar-refractivity contribution in [3.63, 3.8) is 0 Å². The number of nitrogens with one attached hydrogen (secondary N) is 2. The number of nitrogens with zero attached hydrogens (tertiary/aromatic N) is 2. The largest absolute Gasteiger partial charge is 0.495 e. The Kier molecular flexibility index (Phi) is 9.57. The van der Waals surface area contributed by atoms with Crippen LogP contribution in [0.4, 0.5) is 5.69 Å². The molecule has 1 aliphatic rings. The van der Waals surface area contributed by atoms with E-state index in [1.165, 1.54) is 23.2 Å². The molecule has 6 heteroatoms. The monoisotopic (exact) mass is 508 g/mol. The standard InChI is InChI=1S/C23H32N4O.HI/c1-4-19-9-5-6-10-20(19)16-26-23(24-2)25-15-18-13-14-27(17-18)21-11-7-8-12-22(21)28-3;/h5-12,18H,4,13-17H2,1-3H3,(H2,24,25,26);1H. The minimum absolute atomic E-state index is 0. The van der Waals surface area contributed by atoms with Gasteiger partial charge in [0.15, 0.2) is 5.96 Å². The number of para-hydroxylation sites is 2. The van der Waals surface area contributed by atoms with Gasteiger partial charge in [0.1, 0.15) is 5.75 Å². The highest BCUT2D eigenvalue weighted by molar-refractivity contribution is 14.0. The van der Waals surface area contributed by atoms with Crippen molar-refractivity contribution in [2.75, 3.05) is 38.7 Å². The summed E-state index contributed by atoms with van der Waals surface area (Å²) in [5.74, 6) is 2.40. The molecule has 29 heavy (non-hydrogen) atoms. The Bertz CT molecular complexity index is 796. The van der Waals surface area contributed by atoms with E-state index < -0.39 is 0 Å². The van der Waals surface area contributed by atoms with Crippen molar-refractivity contribution in [1.29, 1.82) is 0 Å². The second-order valence-corrected chi connectivity index (χ2v) is 7.20. The Hall–Kier alpha value is -1.96. The van der Waals surface area contributed by atoms with E-state index in [1.807, 2.05) is 19.2 Å². The molecule has 1 aliphatic heterocycles. The van der Waals surface area contributed by atoms with Crippen LogP contribution in [0.15, 0.2) is 53.5 Å². The normalized spacial score (nSPS) is 16.3. The van der Waals surface area contributed by atoms with E-state index in [0.29, 0.717) is 5.92 Å². The van der Waals surface area contributed by atoms with Gasteiger partial charge in [0.05, 0.1) is 12.8 Å². The van der Waals surface area contributed by atoms with Crippen LogP contribution in [0.5, 0.6) is 5.75 Å². The van der Waals surface area contributed by atoms with Crippen LogP contribution in [-0.2, 0) is 13.0 Å². The number of halogens is 1. The molecule has 2 aromatic carbocycles. The summed E-state index contributed by atoms with van der Waals surface area (Å²) in [5, 5.41) is 6.95. The molecule has 3 rings (SSSR count). The molecule has 0 spiro atoms. The lowest BCUT2D eigenvalue weighted by Crippen LogP contribution is -2.40. The molecule has 1 heterocycles. The van der Waals surface area contributed by atoms with Gasteiger partial charge in [0, 0.05) is 33.2 Å². The van der Waals surface area contributed by atoms with Crippen LogP contribution in [0.1, 0.15) is 24.5 Å². The van der Waals surface area contributed by atoms with E-state index in [9.17, 15) is 0 Å². The molecule has 0 saturated carbocycles. The molecule has 1 saturated heterocycles. The number of aliphatic imine (C=N–C) groups is 1. The van der Waals surface area contributed by atoms with Gasteiger partial charge in [-0.3, -0.25) is 4.99 Å². The van der Waals surface area contributed by atoms with E-state index >= 15 is 0 Å². The predicted octanol–water partition coefficient (Wildman–Crippen LogP) is 4.07. The maximum atomic E-state index is 5.51. The number of rotatable bonds is 7. The molecule has 0 aromatic heterocycles. The van der Waals surface area contributed by atoms with E-state index in [2.05, 4.69) is 63.8 Å². The van der Waals surface area contributed by atoms with Crippen LogP contribution in [0.2, 0.25) is 0 Å². The van der Waals surface area contributed by atoms with Gasteiger partial charge < -0.3 is 20.3 Å². The van der Waals surface area contributed by atoms with Crippen LogP contribution in [0, 0.1) is 5.92 Å². The third-order valence-electron chi connectivity index (χ3n) is 5.44. The van der Waals surface area contributed by atoms with Crippen LogP contribution in [-0.4, -0.2) is 39.8 Å². The SMILES string of the molecule is CCc1ccccc1CNC(=NC)NCC1CCN(c2ccccc2OC)C1.I. The first-order chi connectivity index (χ1) is 13.7. The van der Waals surface area contributed by atoms with Gasteiger partial charge in [-0.25, -0.2) is 0 Å². The summed E-state index contributed by atoms with van der Waals surface area (Å²) < 4.78 is 5.51. The molecule has 1 fully saturated rings. The third-order valence-corrected chi connectivity index (χ3v) is 5.44. The zero-order chi connectivity index (χ0) is 19.8. The van der Waals surface area contributed by atoms with E-state index in [0.717, 1.165) is 44.3 Å². The Morgan fingerprint density at radius 2 is 1.83 bits per heavy atom. The molecular weight excluding hydrogens is 475 g/mol. The third kappa shape index (κ3) is 6.26. The minimum atomic E-state index is 0. The maximum absolute atomic E-state index is 5.51. The number of ether oxygens (including phenoxy) is 1. The number of aryl methyl sites for hydroxylation is 1. The second-order valence-electron chi connectivity index (χ2n) is 7.20. The fraction of sp³-hybridized carbons (Fsp3) is 0.435. The van der Waals surface area contributed by atoms with Gasteiger partial charge in [-0.2, -0.15) is 0 Å². The lowest BCUT2D eigenvalue weighted by molar-refractivity contribution is 0.414. The lowest BCUT2D eigenvalue weighted by Gasteiger charge is -2.21. The molecule has 2 N–H and O–H groups in total. The number of methoxy groups -OCH3 is 1. The van der Waals surface area contributed by atoms with E-state index in [-0.39, 0.29) is 24.0 Å². The number of hydrogen-bond donors (Lipinski definition) is 2. The first kappa shape index (κ1) is 23.3. The van der Waals surface area contributed by atoms with Crippen molar-refractivity contribution < 1.29 is 4.74 Å². The van der Waals surface area contributed by atoms with Crippen molar-refractivity contribution in [3.05, 3.63) is 59.7 Å². The summed E-state index contributed by atoms with van der Waals surface area (Å²) in [6.45, 7) is 5.99. The topological polar surface area (TPSA) is 48.9 Å². The number of guanidine groups is 1. The predicted molar refractivity (Wildman–Crippen MR) is 133 cm³/mol. The number of benzene rings is 2. The molecular formula is C23H33IN4O. The summed E-state index contributed by atoms with van der Waals surface area (Å²) >= 11 is 0. The zero-order valence-corrected chi connectivity index (χ0v) is 20.0. The Morgan fingerprint density at radius 3 is 2.55 bits per heavy atom. The molecule has 1 unspecified atom stereocenters. The maximum Gasteiger partial charge on any atom is 0.191 e. The summed E-state index contributed by atoms with van der Waals surface area (Å²) in [4.78, 5) is 6.80. The van der Waals surface area contributed by atoms with Gasteiger partial charge in [-0.05, 0) is 42.0 Å². The summed E-state index contributed by atoms with van der Waals surface area (Å²) in [6, 6.07) is 16.8. The van der Waals surface area contributed by atoms with Gasteiger partial charge in [-0.15, -0.1) is 24.0 Å². The van der Waals surface area contributed by atoms with Gasteiger partial charge in [0.25, 0.3) is 0 Å². The quantitative estimate of drug-likeness (QED) is 0.337. The van der Waals surface area contributed by atoms with Crippen LogP contribution < -0.4 is 20.3 Å². The summed E-state index contributed by atoms with van der Waals surface area (Å²) in [6.07, 6.45) is 2.21. The highest BCUT2D eigenvalue weighted by atomic mass is 127. The van der Waals surface area contributed by atoms with E-state index in [4.69, 9.17) is 4.74 Å².